The van der Waals surface area contributed by atoms with Crippen LogP contribution in [0.25, 0.3) is 0 Å². The number of likely N-dealkylation sites (tertiary alicyclic amines) is 1. The normalized spacial score (nSPS) is 23.7. The summed E-state index contributed by atoms with van der Waals surface area (Å²) < 4.78 is 0. The van der Waals surface area contributed by atoms with E-state index >= 15 is 0 Å². The third kappa shape index (κ3) is 3.65. The molecule has 1 aliphatic rings. The first-order valence-corrected chi connectivity index (χ1v) is 5.49. The molecule has 0 amide bonds. The Bertz CT molecular complexity index is 197. The molecule has 1 atom stereocenters. The standard InChI is InChI=1S/C11H21N3/c1-13-8-5-6-11(10-13)14(2)9-4-3-7-12/h11H,3-6,8-10H2,1-2H3. The summed E-state index contributed by atoms with van der Waals surface area (Å²) in [5.41, 5.74) is 0. The monoisotopic (exact) mass is 195 g/mol. The van der Waals surface area contributed by atoms with Crippen LogP contribution in [0.5, 0.6) is 0 Å². The topological polar surface area (TPSA) is 30.3 Å². The molecule has 1 rings (SSSR count). The van der Waals surface area contributed by atoms with Crippen LogP contribution in [0.4, 0.5) is 0 Å². The van der Waals surface area contributed by atoms with Gasteiger partial charge in [0.25, 0.3) is 0 Å². The van der Waals surface area contributed by atoms with E-state index in [0.29, 0.717) is 12.5 Å². The van der Waals surface area contributed by atoms with Crippen LogP contribution in [0, 0.1) is 11.3 Å². The fraction of sp³-hybridized carbons (Fsp3) is 0.909. The molecule has 1 heterocycles. The second-order valence-electron chi connectivity index (χ2n) is 4.30. The van der Waals surface area contributed by atoms with E-state index in [0.717, 1.165) is 13.0 Å². The zero-order valence-electron chi connectivity index (χ0n) is 9.37. The number of unbranched alkanes of at least 4 members (excludes halogenated alkanes) is 1. The molecule has 3 nitrogen and oxygen atoms in total. The largest absolute Gasteiger partial charge is 0.305 e. The van der Waals surface area contributed by atoms with E-state index in [2.05, 4.69) is 30.0 Å². The van der Waals surface area contributed by atoms with Crippen LogP contribution in [0.2, 0.25) is 0 Å². The van der Waals surface area contributed by atoms with Gasteiger partial charge in [0.1, 0.15) is 0 Å². The molecular formula is C11H21N3. The van der Waals surface area contributed by atoms with Gasteiger partial charge >= 0.3 is 0 Å². The highest BCUT2D eigenvalue weighted by molar-refractivity contribution is 4.78. The van der Waals surface area contributed by atoms with Crippen LogP contribution in [-0.4, -0.2) is 49.6 Å². The van der Waals surface area contributed by atoms with Crippen LogP contribution >= 0.6 is 0 Å². The Morgan fingerprint density at radius 1 is 1.57 bits per heavy atom. The van der Waals surface area contributed by atoms with Gasteiger partial charge in [0.15, 0.2) is 0 Å². The van der Waals surface area contributed by atoms with Gasteiger partial charge in [-0.25, -0.2) is 0 Å². The highest BCUT2D eigenvalue weighted by atomic mass is 15.2. The van der Waals surface area contributed by atoms with Gasteiger partial charge in [-0.2, -0.15) is 5.26 Å². The molecule has 0 aliphatic carbocycles. The van der Waals surface area contributed by atoms with Crippen molar-refractivity contribution in [1.82, 2.24) is 9.80 Å². The van der Waals surface area contributed by atoms with Gasteiger partial charge in [0.2, 0.25) is 0 Å². The molecule has 1 fully saturated rings. The lowest BCUT2D eigenvalue weighted by Gasteiger charge is -2.35. The molecule has 0 aromatic carbocycles. The van der Waals surface area contributed by atoms with Crippen molar-refractivity contribution in [2.45, 2.75) is 31.7 Å². The van der Waals surface area contributed by atoms with Crippen molar-refractivity contribution in [3.05, 3.63) is 0 Å². The van der Waals surface area contributed by atoms with E-state index in [1.807, 2.05) is 0 Å². The Labute approximate surface area is 87.3 Å². The molecule has 0 radical (unpaired) electrons. The molecule has 0 spiro atoms. The average molecular weight is 195 g/mol. The van der Waals surface area contributed by atoms with Crippen LogP contribution in [0.1, 0.15) is 25.7 Å². The number of hydrogen-bond donors (Lipinski definition) is 0. The Morgan fingerprint density at radius 2 is 2.36 bits per heavy atom. The SMILES string of the molecule is CN1CCCC(N(C)CCCC#N)C1. The van der Waals surface area contributed by atoms with E-state index in [1.165, 1.54) is 25.9 Å². The zero-order chi connectivity index (χ0) is 10.4. The van der Waals surface area contributed by atoms with Crippen LogP contribution in [0.3, 0.4) is 0 Å². The molecule has 3 heteroatoms. The van der Waals surface area contributed by atoms with Crippen molar-refractivity contribution in [3.8, 4) is 6.07 Å². The number of rotatable bonds is 4. The minimum Gasteiger partial charge on any atom is -0.305 e. The molecule has 1 saturated heterocycles. The summed E-state index contributed by atoms with van der Waals surface area (Å²) in [6.07, 6.45) is 4.32. The molecule has 0 bridgehead atoms. The maximum absolute atomic E-state index is 8.45. The molecule has 0 N–H and O–H groups in total. The van der Waals surface area contributed by atoms with Crippen molar-refractivity contribution < 1.29 is 0 Å². The highest BCUT2D eigenvalue weighted by Gasteiger charge is 2.20. The first kappa shape index (κ1) is 11.5. The van der Waals surface area contributed by atoms with Crippen LogP contribution < -0.4 is 0 Å². The smallest absolute Gasteiger partial charge is 0.0622 e. The van der Waals surface area contributed by atoms with Crippen molar-refractivity contribution in [1.29, 1.82) is 5.26 Å². The third-order valence-corrected chi connectivity index (χ3v) is 3.02. The number of hydrogen-bond acceptors (Lipinski definition) is 3. The van der Waals surface area contributed by atoms with E-state index in [-0.39, 0.29) is 0 Å². The molecule has 0 aromatic rings. The van der Waals surface area contributed by atoms with Crippen LogP contribution in [0.15, 0.2) is 0 Å². The maximum atomic E-state index is 8.45. The van der Waals surface area contributed by atoms with E-state index in [9.17, 15) is 0 Å². The molecule has 14 heavy (non-hydrogen) atoms. The Kier molecular flexibility index (Phi) is 4.92. The second kappa shape index (κ2) is 6.00. The molecule has 0 aromatic heterocycles. The van der Waals surface area contributed by atoms with Gasteiger partial charge < -0.3 is 9.80 Å². The van der Waals surface area contributed by atoms with Gasteiger partial charge in [-0.1, -0.05) is 0 Å². The van der Waals surface area contributed by atoms with Crippen LogP contribution in [-0.2, 0) is 0 Å². The predicted molar refractivity (Wildman–Crippen MR) is 58.0 cm³/mol. The first-order valence-electron chi connectivity index (χ1n) is 5.49. The van der Waals surface area contributed by atoms with Crippen molar-refractivity contribution in [3.63, 3.8) is 0 Å². The van der Waals surface area contributed by atoms with E-state index in [1.54, 1.807) is 0 Å². The third-order valence-electron chi connectivity index (χ3n) is 3.02. The van der Waals surface area contributed by atoms with Crippen molar-refractivity contribution in [2.24, 2.45) is 0 Å². The molecule has 0 saturated carbocycles. The molecule has 80 valence electrons. The maximum Gasteiger partial charge on any atom is 0.0622 e. The highest BCUT2D eigenvalue weighted by Crippen LogP contribution is 2.13. The Morgan fingerprint density at radius 3 is 3.00 bits per heavy atom. The summed E-state index contributed by atoms with van der Waals surface area (Å²) in [6, 6.07) is 2.90. The number of nitriles is 1. The van der Waals surface area contributed by atoms with Crippen molar-refractivity contribution in [2.75, 3.05) is 33.7 Å². The minimum atomic E-state index is 0.687. The fourth-order valence-electron chi connectivity index (χ4n) is 2.09. The molecule has 1 unspecified atom stereocenters. The lowest BCUT2D eigenvalue weighted by atomic mass is 10.0. The Hall–Kier alpha value is -0.590. The molecular weight excluding hydrogens is 174 g/mol. The zero-order valence-corrected chi connectivity index (χ0v) is 9.37. The minimum absolute atomic E-state index is 0.687. The lowest BCUT2D eigenvalue weighted by molar-refractivity contribution is 0.134. The second-order valence-corrected chi connectivity index (χ2v) is 4.30. The summed E-state index contributed by atoms with van der Waals surface area (Å²) in [7, 11) is 4.37. The van der Waals surface area contributed by atoms with Gasteiger partial charge in [-0.05, 0) is 46.4 Å². The van der Waals surface area contributed by atoms with Gasteiger partial charge in [0, 0.05) is 19.0 Å². The average Bonchev–Trinajstić information content (AvgIpc) is 2.18. The summed E-state index contributed by atoms with van der Waals surface area (Å²) in [4.78, 5) is 4.81. The lowest BCUT2D eigenvalue weighted by Crippen LogP contribution is -2.45. The predicted octanol–water partition coefficient (Wildman–Crippen LogP) is 1.32. The van der Waals surface area contributed by atoms with Gasteiger partial charge in [-0.15, -0.1) is 0 Å². The van der Waals surface area contributed by atoms with Gasteiger partial charge in [0.05, 0.1) is 6.07 Å². The number of nitrogens with zero attached hydrogens (tertiary/aromatic N) is 3. The number of likely N-dealkylation sites (N-methyl/N-ethyl adjacent to an activating group) is 2. The van der Waals surface area contributed by atoms with Crippen molar-refractivity contribution >= 4 is 0 Å². The summed E-state index contributed by atoms with van der Waals surface area (Å²) >= 11 is 0. The fourth-order valence-corrected chi connectivity index (χ4v) is 2.09. The van der Waals surface area contributed by atoms with E-state index < -0.39 is 0 Å². The quantitative estimate of drug-likeness (QED) is 0.634. The first-order chi connectivity index (χ1) is 6.74. The van der Waals surface area contributed by atoms with Gasteiger partial charge in [-0.3, -0.25) is 0 Å². The molecule has 1 aliphatic heterocycles. The number of piperidine rings is 1. The Balaban J connectivity index is 2.22. The summed E-state index contributed by atoms with van der Waals surface area (Å²) in [5, 5.41) is 8.45. The van der Waals surface area contributed by atoms with E-state index in [4.69, 9.17) is 5.26 Å². The summed E-state index contributed by atoms with van der Waals surface area (Å²) in [6.45, 7) is 3.48. The summed E-state index contributed by atoms with van der Waals surface area (Å²) in [5.74, 6) is 0.